The summed E-state index contributed by atoms with van der Waals surface area (Å²) in [6.07, 6.45) is 4.28. The third kappa shape index (κ3) is 2.16. The summed E-state index contributed by atoms with van der Waals surface area (Å²) in [5, 5.41) is 0. The largest absolute Gasteiger partial charge is 0.353 e. The van der Waals surface area contributed by atoms with Crippen LogP contribution in [0.2, 0.25) is 0 Å². The third-order valence-corrected chi connectivity index (χ3v) is 3.07. The first-order valence-electron chi connectivity index (χ1n) is 5.25. The summed E-state index contributed by atoms with van der Waals surface area (Å²) in [6, 6.07) is 4.83. The normalized spacial score (nSPS) is 25.4. The highest BCUT2D eigenvalue weighted by Crippen LogP contribution is 2.08. The fourth-order valence-electron chi connectivity index (χ4n) is 2.03. The zero-order chi connectivity index (χ0) is 9.97. The maximum atomic E-state index is 2.46. The smallest absolute Gasteiger partial charge is 0.0399 e. The van der Waals surface area contributed by atoms with Crippen LogP contribution in [0, 0.1) is 0 Å². The summed E-state index contributed by atoms with van der Waals surface area (Å²) in [5.74, 6) is 0. The van der Waals surface area contributed by atoms with Gasteiger partial charge >= 0.3 is 0 Å². The summed E-state index contributed by atoms with van der Waals surface area (Å²) in [5.41, 5.74) is 0. The van der Waals surface area contributed by atoms with Crippen LogP contribution in [0.4, 0.5) is 0 Å². The molecule has 0 amide bonds. The van der Waals surface area contributed by atoms with Crippen molar-refractivity contribution >= 4 is 0 Å². The minimum atomic E-state index is 0.654. The van der Waals surface area contributed by atoms with Gasteiger partial charge in [-0.3, -0.25) is 4.90 Å². The van der Waals surface area contributed by atoms with Crippen LogP contribution in [0.1, 0.15) is 0 Å². The lowest BCUT2D eigenvalue weighted by Gasteiger charge is -2.37. The minimum absolute atomic E-state index is 0.654. The lowest BCUT2D eigenvalue weighted by molar-refractivity contribution is 0.103. The molecule has 0 spiro atoms. The van der Waals surface area contributed by atoms with Crippen LogP contribution in [-0.2, 0) is 6.54 Å². The maximum Gasteiger partial charge on any atom is 0.0399 e. The predicted octanol–water partition coefficient (Wildman–Crippen LogP) is 0.734. The summed E-state index contributed by atoms with van der Waals surface area (Å²) in [6.45, 7) is 4.66. The van der Waals surface area contributed by atoms with Crippen LogP contribution < -0.4 is 0 Å². The molecule has 3 nitrogen and oxygen atoms in total. The van der Waals surface area contributed by atoms with Gasteiger partial charge < -0.3 is 9.47 Å². The van der Waals surface area contributed by atoms with E-state index in [1.165, 1.54) is 19.6 Å². The highest BCUT2D eigenvalue weighted by Gasteiger charge is 2.21. The molecule has 1 aromatic rings. The average molecular weight is 193 g/mol. The molecule has 1 aliphatic rings. The quantitative estimate of drug-likeness (QED) is 0.686. The molecule has 1 atom stereocenters. The molecule has 1 aliphatic heterocycles. The number of nitrogens with zero attached hydrogens (tertiary/aromatic N) is 3. The molecule has 0 radical (unpaired) electrons. The lowest BCUT2D eigenvalue weighted by atomic mass is 10.2. The molecule has 0 aliphatic carbocycles. The van der Waals surface area contributed by atoms with Gasteiger partial charge in [0.25, 0.3) is 0 Å². The highest BCUT2D eigenvalue weighted by atomic mass is 15.3. The van der Waals surface area contributed by atoms with Gasteiger partial charge in [0.2, 0.25) is 0 Å². The van der Waals surface area contributed by atoms with Gasteiger partial charge in [-0.2, -0.15) is 0 Å². The Morgan fingerprint density at radius 1 is 1.14 bits per heavy atom. The standard InChI is InChI=1S/C11H19N3/c1-12-7-8-13(2)11(9-12)10-14-5-3-4-6-14/h3-6,11H,7-10H2,1-2H3. The molecule has 0 aromatic carbocycles. The van der Waals surface area contributed by atoms with E-state index in [0.29, 0.717) is 6.04 Å². The topological polar surface area (TPSA) is 11.4 Å². The van der Waals surface area contributed by atoms with Crippen molar-refractivity contribution in [2.75, 3.05) is 33.7 Å². The van der Waals surface area contributed by atoms with E-state index < -0.39 is 0 Å². The first-order chi connectivity index (χ1) is 6.75. The van der Waals surface area contributed by atoms with Gasteiger partial charge in [0.15, 0.2) is 0 Å². The van der Waals surface area contributed by atoms with Gasteiger partial charge in [-0.1, -0.05) is 0 Å². The second-order valence-corrected chi connectivity index (χ2v) is 4.28. The van der Waals surface area contributed by atoms with Crippen LogP contribution in [0.3, 0.4) is 0 Å². The molecule has 0 saturated carbocycles. The van der Waals surface area contributed by atoms with Crippen molar-refractivity contribution in [3.8, 4) is 0 Å². The van der Waals surface area contributed by atoms with Crippen LogP contribution >= 0.6 is 0 Å². The molecule has 14 heavy (non-hydrogen) atoms. The van der Waals surface area contributed by atoms with Crippen molar-refractivity contribution in [2.24, 2.45) is 0 Å². The molecule has 2 rings (SSSR count). The Morgan fingerprint density at radius 3 is 2.57 bits per heavy atom. The Kier molecular flexibility index (Phi) is 2.89. The summed E-state index contributed by atoms with van der Waals surface area (Å²) in [4.78, 5) is 4.87. The van der Waals surface area contributed by atoms with E-state index in [1.807, 2.05) is 0 Å². The van der Waals surface area contributed by atoms with Crippen LogP contribution in [0.5, 0.6) is 0 Å². The molecule has 0 bridgehead atoms. The molecule has 3 heteroatoms. The number of hydrogen-bond acceptors (Lipinski definition) is 2. The fraction of sp³-hybridized carbons (Fsp3) is 0.636. The number of hydrogen-bond donors (Lipinski definition) is 0. The van der Waals surface area contributed by atoms with Crippen molar-refractivity contribution in [2.45, 2.75) is 12.6 Å². The first-order valence-corrected chi connectivity index (χ1v) is 5.25. The van der Waals surface area contributed by atoms with Crippen LogP contribution in [0.25, 0.3) is 0 Å². The Balaban J connectivity index is 1.95. The minimum Gasteiger partial charge on any atom is -0.353 e. The number of rotatable bonds is 2. The van der Waals surface area contributed by atoms with Crippen molar-refractivity contribution in [1.29, 1.82) is 0 Å². The van der Waals surface area contributed by atoms with E-state index in [9.17, 15) is 0 Å². The van der Waals surface area contributed by atoms with Crippen LogP contribution in [-0.4, -0.2) is 54.1 Å². The van der Waals surface area contributed by atoms with Crippen molar-refractivity contribution in [1.82, 2.24) is 14.4 Å². The monoisotopic (exact) mass is 193 g/mol. The molecular formula is C11H19N3. The molecule has 78 valence electrons. The van der Waals surface area contributed by atoms with Gasteiger partial charge in [0.05, 0.1) is 0 Å². The average Bonchev–Trinajstić information content (AvgIpc) is 2.64. The molecule has 1 aromatic heterocycles. The van der Waals surface area contributed by atoms with E-state index >= 15 is 0 Å². The van der Waals surface area contributed by atoms with Gasteiger partial charge in [0, 0.05) is 44.6 Å². The number of aromatic nitrogens is 1. The SMILES string of the molecule is CN1CCN(C)C(Cn2cccc2)C1. The van der Waals surface area contributed by atoms with Gasteiger partial charge in [-0.15, -0.1) is 0 Å². The van der Waals surface area contributed by atoms with E-state index in [1.54, 1.807) is 0 Å². The maximum absolute atomic E-state index is 2.46. The van der Waals surface area contributed by atoms with Gasteiger partial charge in [0.1, 0.15) is 0 Å². The summed E-state index contributed by atoms with van der Waals surface area (Å²) < 4.78 is 2.26. The first kappa shape index (κ1) is 9.74. The van der Waals surface area contributed by atoms with E-state index in [2.05, 4.69) is 53.0 Å². The fourth-order valence-corrected chi connectivity index (χ4v) is 2.03. The summed E-state index contributed by atoms with van der Waals surface area (Å²) in [7, 11) is 4.43. The molecule has 2 heterocycles. The van der Waals surface area contributed by atoms with Crippen molar-refractivity contribution < 1.29 is 0 Å². The van der Waals surface area contributed by atoms with E-state index in [-0.39, 0.29) is 0 Å². The second kappa shape index (κ2) is 4.15. The van der Waals surface area contributed by atoms with Crippen LogP contribution in [0.15, 0.2) is 24.5 Å². The Hall–Kier alpha value is -0.800. The zero-order valence-electron chi connectivity index (χ0n) is 9.06. The van der Waals surface area contributed by atoms with E-state index in [4.69, 9.17) is 0 Å². The zero-order valence-corrected chi connectivity index (χ0v) is 9.06. The van der Waals surface area contributed by atoms with E-state index in [0.717, 1.165) is 6.54 Å². The number of piperazine rings is 1. The molecule has 1 fully saturated rings. The van der Waals surface area contributed by atoms with Gasteiger partial charge in [-0.25, -0.2) is 0 Å². The third-order valence-electron chi connectivity index (χ3n) is 3.07. The highest BCUT2D eigenvalue weighted by molar-refractivity contribution is 4.92. The lowest BCUT2D eigenvalue weighted by Crippen LogP contribution is -2.51. The van der Waals surface area contributed by atoms with Crippen molar-refractivity contribution in [3.05, 3.63) is 24.5 Å². The Labute approximate surface area is 85.9 Å². The Bertz CT molecular complexity index is 268. The molecule has 1 saturated heterocycles. The Morgan fingerprint density at radius 2 is 1.86 bits per heavy atom. The second-order valence-electron chi connectivity index (χ2n) is 4.28. The predicted molar refractivity (Wildman–Crippen MR) is 58.3 cm³/mol. The molecule has 1 unspecified atom stereocenters. The molecular weight excluding hydrogens is 174 g/mol. The number of likely N-dealkylation sites (N-methyl/N-ethyl adjacent to an activating group) is 2. The molecule has 0 N–H and O–H groups in total. The van der Waals surface area contributed by atoms with Crippen molar-refractivity contribution in [3.63, 3.8) is 0 Å². The summed E-state index contributed by atoms with van der Waals surface area (Å²) >= 11 is 0. The van der Waals surface area contributed by atoms with Gasteiger partial charge in [-0.05, 0) is 26.2 Å².